The Morgan fingerprint density at radius 1 is 0.570 bits per heavy atom. The number of amides is 11. The molecule has 5 aliphatic rings. The summed E-state index contributed by atoms with van der Waals surface area (Å²) >= 11 is 6.48. The number of rotatable bonds is 10. The van der Waals surface area contributed by atoms with Gasteiger partial charge in [-0.25, -0.2) is 0 Å². The minimum atomic E-state index is -1.38. The van der Waals surface area contributed by atoms with Gasteiger partial charge in [-0.05, 0) is 114 Å². The molecule has 2 heterocycles. The third-order valence-corrected chi connectivity index (χ3v) is 19.7. The zero-order valence-electron chi connectivity index (χ0n) is 54.2. The fourth-order valence-electron chi connectivity index (χ4n) is 13.6. The quantitative estimate of drug-likeness (QED) is 0.223. The topological polar surface area (TPSA) is 259 Å². The summed E-state index contributed by atoms with van der Waals surface area (Å²) in [6.45, 7) is 11.7. The van der Waals surface area contributed by atoms with Crippen molar-refractivity contribution in [2.75, 3.05) is 68.5 Å². The van der Waals surface area contributed by atoms with Crippen LogP contribution >= 0.6 is 11.6 Å². The fraction of sp³-hybridized carbons (Fsp3) is 0.825. The number of likely N-dealkylation sites (N-methyl/N-ethyl adjacent to an activating group) is 6. The van der Waals surface area contributed by atoms with E-state index in [4.69, 9.17) is 11.6 Å². The van der Waals surface area contributed by atoms with Gasteiger partial charge in [0, 0.05) is 66.7 Å². The number of fused-ring (bicyclic) bond motifs is 1. The Morgan fingerprint density at radius 2 is 1.17 bits per heavy atom. The van der Waals surface area contributed by atoms with Crippen molar-refractivity contribution < 1.29 is 52.7 Å². The van der Waals surface area contributed by atoms with Crippen LogP contribution in [0.25, 0.3) is 0 Å². The molecule has 1 spiro atoms. The number of nitrogens with one attached hydrogen (secondary N) is 4. The van der Waals surface area contributed by atoms with Crippen LogP contribution in [0, 0.1) is 29.6 Å². The second-order valence-corrected chi connectivity index (χ2v) is 27.5. The van der Waals surface area contributed by atoms with Crippen molar-refractivity contribution in [3.8, 4) is 0 Å². The number of nitrogens with zero attached hydrogens (tertiary/aromatic N) is 7. The van der Waals surface area contributed by atoms with Gasteiger partial charge in [0.2, 0.25) is 65.0 Å². The lowest BCUT2D eigenvalue weighted by molar-refractivity contribution is -0.149. The first-order valence-corrected chi connectivity index (χ1v) is 32.6. The fourth-order valence-corrected chi connectivity index (χ4v) is 13.9. The van der Waals surface area contributed by atoms with Gasteiger partial charge in [-0.15, -0.1) is 11.6 Å². The lowest BCUT2D eigenvalue weighted by atomic mass is 9.84. The maximum absolute atomic E-state index is 15.0. The maximum Gasteiger partial charge on any atom is 0.248 e. The molecule has 86 heavy (non-hydrogen) atoms. The second-order valence-electron chi connectivity index (χ2n) is 26.9. The van der Waals surface area contributed by atoms with E-state index in [9.17, 15) is 52.7 Å². The largest absolute Gasteiger partial charge is 0.351 e. The highest BCUT2D eigenvalue weighted by Crippen LogP contribution is 2.35. The van der Waals surface area contributed by atoms with E-state index in [2.05, 4.69) is 21.3 Å². The lowest BCUT2D eigenvalue weighted by Gasteiger charge is -2.39. The van der Waals surface area contributed by atoms with Crippen molar-refractivity contribution in [2.24, 2.45) is 29.6 Å². The number of carbonyl (C=O) groups excluding carboxylic acids is 11. The molecule has 11 amide bonds. The number of hydrogen-bond donors (Lipinski definition) is 4. The van der Waals surface area contributed by atoms with Crippen LogP contribution in [0.15, 0.2) is 0 Å². The molecule has 3 aliphatic carbocycles. The normalized spacial score (nSPS) is 29.6. The average Bonchev–Trinajstić information content (AvgIpc) is 2.74. The molecule has 8 atom stereocenters. The van der Waals surface area contributed by atoms with E-state index in [1.165, 1.54) is 76.6 Å². The molecular formula is C63H106ClN11O11. The molecular weight excluding hydrogens is 1120 g/mol. The molecule has 0 radical (unpaired) electrons. The van der Waals surface area contributed by atoms with Crippen LogP contribution in [0.3, 0.4) is 0 Å². The van der Waals surface area contributed by atoms with Crippen molar-refractivity contribution >= 4 is 76.6 Å². The van der Waals surface area contributed by atoms with E-state index in [1.807, 2.05) is 34.6 Å². The summed E-state index contributed by atoms with van der Waals surface area (Å²) in [4.78, 5) is 168. The van der Waals surface area contributed by atoms with Crippen molar-refractivity contribution in [2.45, 2.75) is 237 Å². The van der Waals surface area contributed by atoms with Crippen LogP contribution < -0.4 is 21.3 Å². The van der Waals surface area contributed by atoms with E-state index in [0.29, 0.717) is 57.8 Å². The molecule has 486 valence electrons. The summed E-state index contributed by atoms with van der Waals surface area (Å²) in [6.07, 6.45) is 12.5. The molecule has 5 rings (SSSR count). The third kappa shape index (κ3) is 19.0. The third-order valence-electron chi connectivity index (χ3n) is 19.2. The average molecular weight is 1230 g/mol. The van der Waals surface area contributed by atoms with Gasteiger partial charge in [-0.1, -0.05) is 92.9 Å². The lowest BCUT2D eigenvalue weighted by Crippen LogP contribution is -2.64. The maximum atomic E-state index is 15.0. The predicted molar refractivity (Wildman–Crippen MR) is 329 cm³/mol. The molecule has 3 saturated carbocycles. The summed E-state index contributed by atoms with van der Waals surface area (Å²) in [7, 11) is 8.92. The highest BCUT2D eigenvalue weighted by Gasteiger charge is 2.49. The van der Waals surface area contributed by atoms with Crippen LogP contribution in [0.4, 0.5) is 0 Å². The zero-order valence-corrected chi connectivity index (χ0v) is 54.9. The van der Waals surface area contributed by atoms with Gasteiger partial charge in [0.25, 0.3) is 0 Å². The van der Waals surface area contributed by atoms with Crippen molar-refractivity contribution in [1.82, 2.24) is 55.6 Å². The standard InChI is InChI=1S/C63H106ClN11O11/c1-14-41(6)54-61(85)71(10)37-52(78)69(8)38-53(79)73(12)49(35-44-21-16-15-17-22-44)60(84)70(9)36-50(76)66-46(29-26-43-24-27-45(64)28-25-43)59(83)75-32-20-23-47(75)57(81)68-63(30-18-19-31-63)62(86)74(13)55(40(4)5)58(82)65-42(7)34-51(77)72(11)48(33-39(2)3)56(80)67-54/h39-49,54-55H,14-38H2,1-13H3,(H,65,82)(H,66,76)(H,67,80)(H,68,81)/t41-,42+,43?,45?,46-,47-,48-,49-,54-,55-/m0/s1. The highest BCUT2D eigenvalue weighted by atomic mass is 35.5. The van der Waals surface area contributed by atoms with Crippen molar-refractivity contribution in [3.63, 3.8) is 0 Å². The first-order chi connectivity index (χ1) is 40.5. The molecule has 0 aromatic carbocycles. The van der Waals surface area contributed by atoms with E-state index < -0.39 is 144 Å². The minimum absolute atomic E-state index is 0.0660. The van der Waals surface area contributed by atoms with Gasteiger partial charge in [0.15, 0.2) is 0 Å². The molecule has 0 aromatic heterocycles. The smallest absolute Gasteiger partial charge is 0.248 e. The number of carbonyl (C=O) groups is 11. The van der Waals surface area contributed by atoms with E-state index >= 15 is 0 Å². The van der Waals surface area contributed by atoms with Crippen LogP contribution in [-0.4, -0.2) is 221 Å². The Hall–Kier alpha value is -5.54. The number of alkyl halides is 1. The Balaban J connectivity index is 1.51. The molecule has 0 aromatic rings. The number of hydrogen-bond acceptors (Lipinski definition) is 11. The Bertz CT molecular complexity index is 2390. The SMILES string of the molecule is CC[C@H](C)[C@@H]1NC(=O)[C@H](CC(C)C)N(C)C(=O)C[C@@H](C)NC(=O)[C@H](C(C)C)N(C)C(=O)C2(CCCC2)NC(=O)[C@@H]2CCCN2C(=O)[C@H](CCC2CCC(Cl)CC2)NC(=O)CN(C)C(=O)[C@H](CC2CCCCC2)N(C)C(=O)CN(C)C(=O)CN(C)C1=O. The van der Waals surface area contributed by atoms with Crippen LogP contribution in [0.5, 0.6) is 0 Å². The molecule has 0 bridgehead atoms. The first-order valence-electron chi connectivity index (χ1n) is 32.2. The highest BCUT2D eigenvalue weighted by molar-refractivity contribution is 6.20. The minimum Gasteiger partial charge on any atom is -0.351 e. The van der Waals surface area contributed by atoms with Crippen LogP contribution in [-0.2, 0) is 52.7 Å². The Kier molecular flexibility index (Phi) is 27.0. The van der Waals surface area contributed by atoms with Crippen LogP contribution in [0.1, 0.15) is 183 Å². The van der Waals surface area contributed by atoms with E-state index in [1.54, 1.807) is 13.8 Å². The zero-order chi connectivity index (χ0) is 63.9. The van der Waals surface area contributed by atoms with Crippen molar-refractivity contribution in [1.29, 1.82) is 0 Å². The first kappa shape index (κ1) is 71.2. The second kappa shape index (κ2) is 32.6. The van der Waals surface area contributed by atoms with Gasteiger partial charge < -0.3 is 55.6 Å². The van der Waals surface area contributed by atoms with Gasteiger partial charge in [-0.2, -0.15) is 0 Å². The Labute approximate surface area is 517 Å². The van der Waals surface area contributed by atoms with Gasteiger partial charge in [0.1, 0.15) is 41.8 Å². The van der Waals surface area contributed by atoms with E-state index in [0.717, 1.165) is 57.8 Å². The van der Waals surface area contributed by atoms with Gasteiger partial charge in [-0.3, -0.25) is 52.7 Å². The predicted octanol–water partition coefficient (Wildman–Crippen LogP) is 4.44. The molecule has 4 N–H and O–H groups in total. The van der Waals surface area contributed by atoms with E-state index in [-0.39, 0.29) is 48.9 Å². The molecule has 5 fully saturated rings. The van der Waals surface area contributed by atoms with Gasteiger partial charge in [0.05, 0.1) is 19.6 Å². The van der Waals surface area contributed by atoms with Crippen LogP contribution in [0.2, 0.25) is 0 Å². The summed E-state index contributed by atoms with van der Waals surface area (Å²) in [6, 6.07) is -6.91. The summed E-state index contributed by atoms with van der Waals surface area (Å²) in [5, 5.41) is 12.0. The molecule has 2 saturated heterocycles. The molecule has 0 unspecified atom stereocenters. The molecule has 23 heteroatoms. The van der Waals surface area contributed by atoms with Gasteiger partial charge >= 0.3 is 0 Å². The number of halogens is 1. The molecule has 22 nitrogen and oxygen atoms in total. The summed E-state index contributed by atoms with van der Waals surface area (Å²) < 4.78 is 0. The summed E-state index contributed by atoms with van der Waals surface area (Å²) in [5.74, 6) is -6.21. The monoisotopic (exact) mass is 1230 g/mol. The molecule has 2 aliphatic heterocycles. The Morgan fingerprint density at radius 3 is 1.78 bits per heavy atom. The summed E-state index contributed by atoms with van der Waals surface area (Å²) in [5.41, 5.74) is -1.38. The van der Waals surface area contributed by atoms with Crippen molar-refractivity contribution in [3.05, 3.63) is 0 Å².